The minimum absolute atomic E-state index is 0.304. The molecule has 9 heteroatoms. The first-order valence-electron chi connectivity index (χ1n) is 9.24. The maximum atomic E-state index is 13.7. The average molecular weight is 395 g/mol. The fraction of sp³-hybridized carbons (Fsp3) is 0.474. The Bertz CT molecular complexity index is 833. The van der Waals surface area contributed by atoms with Crippen LogP contribution in [0.5, 0.6) is 0 Å². The number of aromatic nitrogens is 2. The fourth-order valence-corrected chi connectivity index (χ4v) is 3.82. The minimum atomic E-state index is -1.49. The first-order chi connectivity index (χ1) is 13.3. The standard InChI is InChI=1S/C19H24F3N5O/c1-4-27-7-5-15(17(27)12-9-13(20)16(22)14(21)10-12)25-19(28)24-11(2)18-23-6-8-26(18)3/h6,8-11,15,17H,4-5,7H2,1-3H3,(H2,24,25,28). The summed E-state index contributed by atoms with van der Waals surface area (Å²) in [6, 6.07) is 0.483. The van der Waals surface area contributed by atoms with Gasteiger partial charge in [-0.05, 0) is 37.6 Å². The quantitative estimate of drug-likeness (QED) is 0.765. The van der Waals surface area contributed by atoms with Crippen LogP contribution in [0.1, 0.15) is 43.7 Å². The lowest BCUT2D eigenvalue weighted by Crippen LogP contribution is -2.45. The van der Waals surface area contributed by atoms with E-state index in [0.717, 1.165) is 12.1 Å². The first kappa shape index (κ1) is 20.2. The highest BCUT2D eigenvalue weighted by atomic mass is 19.2. The van der Waals surface area contributed by atoms with E-state index < -0.39 is 29.5 Å². The number of imidazole rings is 1. The molecule has 1 aliphatic heterocycles. The Labute approximate surface area is 161 Å². The van der Waals surface area contributed by atoms with Crippen LogP contribution in [0.4, 0.5) is 18.0 Å². The molecule has 2 amide bonds. The van der Waals surface area contributed by atoms with E-state index in [-0.39, 0.29) is 12.1 Å². The largest absolute Gasteiger partial charge is 0.336 e. The van der Waals surface area contributed by atoms with Gasteiger partial charge >= 0.3 is 6.03 Å². The predicted molar refractivity (Wildman–Crippen MR) is 98.0 cm³/mol. The van der Waals surface area contributed by atoms with Gasteiger partial charge in [0.1, 0.15) is 5.82 Å². The van der Waals surface area contributed by atoms with Crippen LogP contribution in [0.3, 0.4) is 0 Å². The molecular formula is C19H24F3N5O. The van der Waals surface area contributed by atoms with Crippen LogP contribution in [-0.2, 0) is 7.05 Å². The van der Waals surface area contributed by atoms with E-state index in [0.29, 0.717) is 30.9 Å². The molecule has 2 N–H and O–H groups in total. The number of rotatable bonds is 5. The van der Waals surface area contributed by atoms with Gasteiger partial charge in [-0.1, -0.05) is 6.92 Å². The molecule has 1 aromatic carbocycles. The third-order valence-electron chi connectivity index (χ3n) is 5.17. The Hall–Kier alpha value is -2.55. The molecule has 28 heavy (non-hydrogen) atoms. The van der Waals surface area contributed by atoms with E-state index in [4.69, 9.17) is 0 Å². The molecule has 3 unspecified atom stereocenters. The van der Waals surface area contributed by atoms with Gasteiger partial charge in [0.05, 0.1) is 18.1 Å². The summed E-state index contributed by atoms with van der Waals surface area (Å²) < 4.78 is 42.6. The van der Waals surface area contributed by atoms with E-state index in [1.807, 2.05) is 30.4 Å². The number of carbonyl (C=O) groups excluding carboxylic acids is 1. The summed E-state index contributed by atoms with van der Waals surface area (Å²) in [6.07, 6.45) is 4.05. The number of nitrogens with one attached hydrogen (secondary N) is 2. The van der Waals surface area contributed by atoms with E-state index >= 15 is 0 Å². The molecule has 0 bridgehead atoms. The summed E-state index contributed by atoms with van der Waals surface area (Å²) in [6.45, 7) is 5.03. The number of carbonyl (C=O) groups is 1. The summed E-state index contributed by atoms with van der Waals surface area (Å²) in [7, 11) is 1.84. The lowest BCUT2D eigenvalue weighted by Gasteiger charge is -2.28. The second-order valence-corrected chi connectivity index (χ2v) is 7.00. The molecule has 1 fully saturated rings. The summed E-state index contributed by atoms with van der Waals surface area (Å²) in [5.41, 5.74) is 0.304. The number of urea groups is 1. The molecule has 1 saturated heterocycles. The van der Waals surface area contributed by atoms with Crippen molar-refractivity contribution in [2.24, 2.45) is 7.05 Å². The number of nitrogens with zero attached hydrogens (tertiary/aromatic N) is 3. The van der Waals surface area contributed by atoms with Gasteiger partial charge in [-0.15, -0.1) is 0 Å². The molecule has 1 aromatic heterocycles. The fourth-order valence-electron chi connectivity index (χ4n) is 3.82. The van der Waals surface area contributed by atoms with Crippen LogP contribution in [0, 0.1) is 17.5 Å². The second-order valence-electron chi connectivity index (χ2n) is 7.00. The molecule has 0 saturated carbocycles. The van der Waals surface area contributed by atoms with Crippen LogP contribution >= 0.6 is 0 Å². The zero-order valence-electron chi connectivity index (χ0n) is 16.0. The second kappa shape index (κ2) is 8.22. The van der Waals surface area contributed by atoms with Crippen LogP contribution in [0.2, 0.25) is 0 Å². The number of likely N-dealkylation sites (N-methyl/N-ethyl adjacent to an activating group) is 1. The molecule has 3 rings (SSSR count). The summed E-state index contributed by atoms with van der Waals surface area (Å²) in [4.78, 5) is 18.7. The van der Waals surface area contributed by atoms with Gasteiger partial charge in [0.15, 0.2) is 17.5 Å². The highest BCUT2D eigenvalue weighted by molar-refractivity contribution is 5.74. The Kier molecular flexibility index (Phi) is 5.93. The highest BCUT2D eigenvalue weighted by Gasteiger charge is 2.36. The summed E-state index contributed by atoms with van der Waals surface area (Å²) in [5.74, 6) is -3.25. The van der Waals surface area contributed by atoms with Crippen molar-refractivity contribution >= 4 is 6.03 Å². The average Bonchev–Trinajstić information content (AvgIpc) is 3.25. The van der Waals surface area contributed by atoms with Crippen molar-refractivity contribution in [3.63, 3.8) is 0 Å². The van der Waals surface area contributed by atoms with Crippen molar-refractivity contribution < 1.29 is 18.0 Å². The van der Waals surface area contributed by atoms with Gasteiger partial charge in [0, 0.05) is 26.0 Å². The lowest BCUT2D eigenvalue weighted by molar-refractivity contribution is 0.220. The Balaban J connectivity index is 1.75. The molecular weight excluding hydrogens is 371 g/mol. The summed E-state index contributed by atoms with van der Waals surface area (Å²) in [5, 5.41) is 5.72. The zero-order chi connectivity index (χ0) is 20.4. The Morgan fingerprint density at radius 2 is 2.00 bits per heavy atom. The monoisotopic (exact) mass is 395 g/mol. The number of benzene rings is 1. The number of hydrogen-bond donors (Lipinski definition) is 2. The molecule has 152 valence electrons. The van der Waals surface area contributed by atoms with Crippen molar-refractivity contribution in [1.29, 1.82) is 0 Å². The highest BCUT2D eigenvalue weighted by Crippen LogP contribution is 2.33. The first-order valence-corrected chi connectivity index (χ1v) is 9.24. The smallest absolute Gasteiger partial charge is 0.315 e. The molecule has 6 nitrogen and oxygen atoms in total. The Morgan fingerprint density at radius 1 is 1.32 bits per heavy atom. The minimum Gasteiger partial charge on any atom is -0.336 e. The van der Waals surface area contributed by atoms with Crippen LogP contribution in [0.25, 0.3) is 0 Å². The van der Waals surface area contributed by atoms with Crippen LogP contribution in [0.15, 0.2) is 24.5 Å². The normalized spacial score (nSPS) is 20.9. The molecule has 2 heterocycles. The van der Waals surface area contributed by atoms with Gasteiger partial charge in [-0.2, -0.15) is 0 Å². The van der Waals surface area contributed by atoms with Crippen molar-refractivity contribution in [3.8, 4) is 0 Å². The molecule has 2 aromatic rings. The number of aryl methyl sites for hydroxylation is 1. The number of halogens is 3. The SMILES string of the molecule is CCN1CCC(NC(=O)NC(C)c2nccn2C)C1c1cc(F)c(F)c(F)c1. The molecule has 0 aliphatic carbocycles. The third kappa shape index (κ3) is 3.99. The van der Waals surface area contributed by atoms with Crippen LogP contribution < -0.4 is 10.6 Å². The van der Waals surface area contributed by atoms with E-state index in [9.17, 15) is 18.0 Å². The lowest BCUT2D eigenvalue weighted by atomic mass is 9.99. The Morgan fingerprint density at radius 3 is 2.57 bits per heavy atom. The third-order valence-corrected chi connectivity index (χ3v) is 5.17. The van der Waals surface area contributed by atoms with Crippen molar-refractivity contribution in [3.05, 3.63) is 53.4 Å². The number of amides is 2. The molecule has 0 radical (unpaired) electrons. The summed E-state index contributed by atoms with van der Waals surface area (Å²) >= 11 is 0. The van der Waals surface area contributed by atoms with E-state index in [1.54, 1.807) is 12.4 Å². The van der Waals surface area contributed by atoms with Gasteiger partial charge in [0.25, 0.3) is 0 Å². The number of hydrogen-bond acceptors (Lipinski definition) is 3. The van der Waals surface area contributed by atoms with Gasteiger partial charge in [-0.25, -0.2) is 22.9 Å². The van der Waals surface area contributed by atoms with Gasteiger partial charge in [0.2, 0.25) is 0 Å². The molecule has 1 aliphatic rings. The van der Waals surface area contributed by atoms with Gasteiger partial charge in [-0.3, -0.25) is 4.90 Å². The van der Waals surface area contributed by atoms with Crippen LogP contribution in [-0.4, -0.2) is 39.6 Å². The van der Waals surface area contributed by atoms with E-state index in [2.05, 4.69) is 15.6 Å². The predicted octanol–water partition coefficient (Wildman–Crippen LogP) is 3.03. The van der Waals surface area contributed by atoms with Crippen molar-refractivity contribution in [2.45, 2.75) is 38.4 Å². The number of likely N-dealkylation sites (tertiary alicyclic amines) is 1. The maximum absolute atomic E-state index is 13.7. The van der Waals surface area contributed by atoms with Crippen molar-refractivity contribution in [1.82, 2.24) is 25.1 Å². The molecule has 0 spiro atoms. The maximum Gasteiger partial charge on any atom is 0.315 e. The zero-order valence-corrected chi connectivity index (χ0v) is 16.0. The van der Waals surface area contributed by atoms with E-state index in [1.165, 1.54) is 0 Å². The topological polar surface area (TPSA) is 62.2 Å². The van der Waals surface area contributed by atoms with Gasteiger partial charge < -0.3 is 15.2 Å². The molecule has 3 atom stereocenters. The van der Waals surface area contributed by atoms with Crippen molar-refractivity contribution in [2.75, 3.05) is 13.1 Å².